The fourth-order valence-corrected chi connectivity index (χ4v) is 3.36. The van der Waals surface area contributed by atoms with Crippen LogP contribution in [0.3, 0.4) is 0 Å². The molecule has 1 saturated heterocycles. The third kappa shape index (κ3) is 4.96. The second-order valence-electron chi connectivity index (χ2n) is 5.97. The maximum atomic E-state index is 12.5. The molecule has 1 heterocycles. The minimum atomic E-state index is 0. The van der Waals surface area contributed by atoms with Gasteiger partial charge in [-0.2, -0.15) is 0 Å². The molecule has 2 fully saturated rings. The Morgan fingerprint density at radius 3 is 2.05 bits per heavy atom. The molecule has 1 saturated carbocycles. The minimum Gasteiger partial charge on any atom is -0.343 e. The lowest BCUT2D eigenvalue weighted by Gasteiger charge is -2.33. The first kappa shape index (κ1) is 16.8. The van der Waals surface area contributed by atoms with E-state index in [9.17, 15) is 4.79 Å². The van der Waals surface area contributed by atoms with Gasteiger partial charge >= 0.3 is 0 Å². The van der Waals surface area contributed by atoms with E-state index in [0.717, 1.165) is 25.9 Å². The highest BCUT2D eigenvalue weighted by molar-refractivity contribution is 5.85. The Hall–Kier alpha value is -0.280. The summed E-state index contributed by atoms with van der Waals surface area (Å²) >= 11 is 0. The normalized spacial score (nSPS) is 23.0. The van der Waals surface area contributed by atoms with Crippen LogP contribution in [0.2, 0.25) is 0 Å². The number of carbonyl (C=O) groups is 1. The van der Waals surface area contributed by atoms with Crippen LogP contribution in [-0.4, -0.2) is 37.0 Å². The molecule has 2 aliphatic rings. The second kappa shape index (κ2) is 8.80. The van der Waals surface area contributed by atoms with E-state index in [1.165, 1.54) is 44.9 Å². The van der Waals surface area contributed by atoms with E-state index in [1.807, 2.05) is 7.05 Å². The fourth-order valence-electron chi connectivity index (χ4n) is 3.36. The van der Waals surface area contributed by atoms with Gasteiger partial charge in [0.05, 0.1) is 0 Å². The zero-order valence-corrected chi connectivity index (χ0v) is 13.0. The molecule has 0 aromatic rings. The number of hydrogen-bond acceptors (Lipinski definition) is 2. The molecule has 1 amide bonds. The molecular weight excluding hydrogens is 260 g/mol. The van der Waals surface area contributed by atoms with Crippen molar-refractivity contribution in [3.63, 3.8) is 0 Å². The molecule has 112 valence electrons. The summed E-state index contributed by atoms with van der Waals surface area (Å²) in [7, 11) is 2.04. The van der Waals surface area contributed by atoms with E-state index in [-0.39, 0.29) is 18.3 Å². The summed E-state index contributed by atoms with van der Waals surface area (Å²) in [6, 6.07) is 0.507. The summed E-state index contributed by atoms with van der Waals surface area (Å²) in [5.74, 6) is 0.684. The van der Waals surface area contributed by atoms with Crippen molar-refractivity contribution in [1.82, 2.24) is 10.2 Å². The van der Waals surface area contributed by atoms with Crippen LogP contribution in [-0.2, 0) is 4.79 Å². The van der Waals surface area contributed by atoms with Gasteiger partial charge in [0.2, 0.25) is 5.91 Å². The van der Waals surface area contributed by atoms with Crippen LogP contribution in [0.25, 0.3) is 0 Å². The lowest BCUT2D eigenvalue weighted by atomic mass is 9.92. The number of amides is 1. The number of hydrogen-bond donors (Lipinski definition) is 1. The van der Waals surface area contributed by atoms with Crippen molar-refractivity contribution in [1.29, 1.82) is 0 Å². The number of nitrogens with zero attached hydrogens (tertiary/aromatic N) is 1. The summed E-state index contributed by atoms with van der Waals surface area (Å²) in [5, 5.41) is 3.34. The van der Waals surface area contributed by atoms with Gasteiger partial charge in [0, 0.05) is 19.0 Å². The number of rotatable bonds is 2. The maximum absolute atomic E-state index is 12.5. The van der Waals surface area contributed by atoms with Gasteiger partial charge in [-0.15, -0.1) is 12.4 Å². The molecule has 2 rings (SSSR count). The van der Waals surface area contributed by atoms with Crippen molar-refractivity contribution in [2.45, 2.75) is 63.8 Å². The van der Waals surface area contributed by atoms with E-state index in [2.05, 4.69) is 10.2 Å². The Bertz CT molecular complexity index is 259. The monoisotopic (exact) mass is 288 g/mol. The molecule has 4 heteroatoms. The smallest absolute Gasteiger partial charge is 0.225 e. The quantitative estimate of drug-likeness (QED) is 0.847. The molecule has 19 heavy (non-hydrogen) atoms. The first-order valence-corrected chi connectivity index (χ1v) is 7.76. The molecule has 0 bridgehead atoms. The summed E-state index contributed by atoms with van der Waals surface area (Å²) in [6.45, 7) is 2.02. The predicted octanol–water partition coefficient (Wildman–Crippen LogP) is 2.98. The van der Waals surface area contributed by atoms with Crippen molar-refractivity contribution in [2.24, 2.45) is 5.92 Å². The molecule has 0 spiro atoms. The summed E-state index contributed by atoms with van der Waals surface area (Å²) < 4.78 is 0. The van der Waals surface area contributed by atoms with Crippen LogP contribution in [0.5, 0.6) is 0 Å². The van der Waals surface area contributed by atoms with Crippen molar-refractivity contribution < 1.29 is 4.79 Å². The van der Waals surface area contributed by atoms with Crippen molar-refractivity contribution >= 4 is 18.3 Å². The number of carbonyl (C=O) groups excluding carboxylic acids is 1. The first-order valence-electron chi connectivity index (χ1n) is 7.76. The van der Waals surface area contributed by atoms with Gasteiger partial charge in [0.15, 0.2) is 0 Å². The highest BCUT2D eigenvalue weighted by atomic mass is 35.5. The molecule has 1 aliphatic heterocycles. The van der Waals surface area contributed by atoms with Crippen molar-refractivity contribution in [3.8, 4) is 0 Å². The molecule has 0 atom stereocenters. The SMILES string of the molecule is CN(C(=O)C1CCNCC1)C1CCCCCCC1.Cl. The van der Waals surface area contributed by atoms with Gasteiger partial charge in [-0.25, -0.2) is 0 Å². The van der Waals surface area contributed by atoms with Gasteiger partial charge in [-0.1, -0.05) is 32.1 Å². The van der Waals surface area contributed by atoms with E-state index >= 15 is 0 Å². The average Bonchev–Trinajstić information content (AvgIpc) is 2.38. The molecule has 0 aromatic carbocycles. The predicted molar refractivity (Wildman–Crippen MR) is 81.7 cm³/mol. The Morgan fingerprint density at radius 1 is 0.947 bits per heavy atom. The van der Waals surface area contributed by atoms with Gasteiger partial charge in [0.1, 0.15) is 0 Å². The molecule has 0 aromatic heterocycles. The van der Waals surface area contributed by atoms with Crippen LogP contribution in [0.15, 0.2) is 0 Å². The number of nitrogens with one attached hydrogen (secondary N) is 1. The molecule has 3 nitrogen and oxygen atoms in total. The summed E-state index contributed by atoms with van der Waals surface area (Å²) in [5.41, 5.74) is 0. The highest BCUT2D eigenvalue weighted by Crippen LogP contribution is 2.23. The van der Waals surface area contributed by atoms with Crippen LogP contribution >= 0.6 is 12.4 Å². The summed E-state index contributed by atoms with van der Waals surface area (Å²) in [6.07, 6.45) is 11.2. The molecule has 1 N–H and O–H groups in total. The third-order valence-corrected chi connectivity index (χ3v) is 4.66. The fraction of sp³-hybridized carbons (Fsp3) is 0.933. The second-order valence-corrected chi connectivity index (χ2v) is 5.97. The Labute approximate surface area is 123 Å². The molecule has 0 radical (unpaired) electrons. The zero-order valence-electron chi connectivity index (χ0n) is 12.2. The molecular formula is C15H29ClN2O. The highest BCUT2D eigenvalue weighted by Gasteiger charge is 2.27. The first-order chi connectivity index (χ1) is 8.79. The molecule has 0 unspecified atom stereocenters. The van der Waals surface area contributed by atoms with Crippen molar-refractivity contribution in [2.75, 3.05) is 20.1 Å². The lowest BCUT2D eigenvalue weighted by Crippen LogP contribution is -2.44. The Kier molecular flexibility index (Phi) is 7.77. The van der Waals surface area contributed by atoms with Gasteiger partial charge in [-0.3, -0.25) is 4.79 Å². The maximum Gasteiger partial charge on any atom is 0.225 e. The topological polar surface area (TPSA) is 32.3 Å². The standard InChI is InChI=1S/C15H28N2O.ClH/c1-17(14-7-5-3-2-4-6-8-14)15(18)13-9-11-16-12-10-13;/h13-14,16H,2-12H2,1H3;1H. The Balaban J connectivity index is 0.00000180. The lowest BCUT2D eigenvalue weighted by molar-refractivity contribution is -0.137. The third-order valence-electron chi connectivity index (χ3n) is 4.66. The van der Waals surface area contributed by atoms with Crippen LogP contribution < -0.4 is 5.32 Å². The van der Waals surface area contributed by atoms with E-state index in [1.54, 1.807) is 0 Å². The van der Waals surface area contributed by atoms with Gasteiger partial charge in [-0.05, 0) is 38.8 Å². The van der Waals surface area contributed by atoms with E-state index in [4.69, 9.17) is 0 Å². The van der Waals surface area contributed by atoms with E-state index in [0.29, 0.717) is 11.9 Å². The van der Waals surface area contributed by atoms with Crippen LogP contribution in [0.1, 0.15) is 57.8 Å². The minimum absolute atomic E-state index is 0. The van der Waals surface area contributed by atoms with Gasteiger partial charge in [0.25, 0.3) is 0 Å². The summed E-state index contributed by atoms with van der Waals surface area (Å²) in [4.78, 5) is 14.6. The van der Waals surface area contributed by atoms with Crippen LogP contribution in [0, 0.1) is 5.92 Å². The Morgan fingerprint density at radius 2 is 1.47 bits per heavy atom. The van der Waals surface area contributed by atoms with E-state index < -0.39 is 0 Å². The number of piperidine rings is 1. The van der Waals surface area contributed by atoms with Crippen molar-refractivity contribution in [3.05, 3.63) is 0 Å². The largest absolute Gasteiger partial charge is 0.343 e. The average molecular weight is 289 g/mol. The number of halogens is 1. The zero-order chi connectivity index (χ0) is 12.8. The van der Waals surface area contributed by atoms with Crippen LogP contribution in [0.4, 0.5) is 0 Å². The van der Waals surface area contributed by atoms with Gasteiger partial charge < -0.3 is 10.2 Å². The molecule has 1 aliphatic carbocycles.